The van der Waals surface area contributed by atoms with Gasteiger partial charge in [0.2, 0.25) is 15.9 Å². The molecule has 0 radical (unpaired) electrons. The molecule has 7 heteroatoms. The topological polar surface area (TPSA) is 83.6 Å². The van der Waals surface area contributed by atoms with Crippen LogP contribution in [0.2, 0.25) is 0 Å². The van der Waals surface area contributed by atoms with Gasteiger partial charge in [0, 0.05) is 36.5 Å². The maximum absolute atomic E-state index is 13.1. The fraction of sp³-hybridized carbons (Fsp3) is 0.500. The molecule has 1 N–H and O–H groups in total. The molecule has 1 saturated carbocycles. The normalized spacial score (nSPS) is 19.3. The lowest BCUT2D eigenvalue weighted by atomic mass is 9.69. The molecule has 0 spiro atoms. The zero-order valence-corrected chi connectivity index (χ0v) is 21.6. The van der Waals surface area contributed by atoms with Crippen molar-refractivity contribution >= 4 is 21.7 Å². The molecule has 2 aromatic carbocycles. The average molecular weight is 497 g/mol. The largest absolute Gasteiger partial charge is 0.355 e. The van der Waals surface area contributed by atoms with Gasteiger partial charge >= 0.3 is 0 Å². The molecule has 2 aromatic rings. The molecule has 1 saturated heterocycles. The molecule has 0 atom stereocenters. The summed E-state index contributed by atoms with van der Waals surface area (Å²) in [4.78, 5) is 24.8. The van der Waals surface area contributed by atoms with E-state index in [-0.39, 0.29) is 27.9 Å². The Kier molecular flexibility index (Phi) is 7.77. The first-order valence-electron chi connectivity index (χ1n) is 12.7. The fourth-order valence-corrected chi connectivity index (χ4v) is 7.01. The van der Waals surface area contributed by atoms with Gasteiger partial charge in [-0.05, 0) is 57.2 Å². The molecule has 1 heterocycles. The van der Waals surface area contributed by atoms with Gasteiger partial charge in [0.25, 0.3) is 0 Å². The van der Waals surface area contributed by atoms with Gasteiger partial charge in [0.15, 0.2) is 5.78 Å². The Morgan fingerprint density at radius 2 is 1.66 bits per heavy atom. The van der Waals surface area contributed by atoms with Gasteiger partial charge in [-0.25, -0.2) is 8.42 Å². The summed E-state index contributed by atoms with van der Waals surface area (Å²) in [6.07, 6.45) is 6.76. The zero-order valence-electron chi connectivity index (χ0n) is 20.8. The summed E-state index contributed by atoms with van der Waals surface area (Å²) in [7, 11) is -3.64. The highest BCUT2D eigenvalue weighted by Crippen LogP contribution is 2.39. The van der Waals surface area contributed by atoms with E-state index >= 15 is 0 Å². The highest BCUT2D eigenvalue weighted by Gasteiger charge is 2.36. The molecule has 0 aromatic heterocycles. The molecule has 0 bridgehead atoms. The highest BCUT2D eigenvalue weighted by molar-refractivity contribution is 7.89. The molecule has 1 aliphatic heterocycles. The minimum absolute atomic E-state index is 0.0179. The standard InChI is InChI=1S/C28H36N2O4S/c1-21-7-6-8-25(19-21)28(15-4-3-5-16-28)20-29-27(32)24-13-17-30(18-14-24)35(33,34)26-11-9-23(10-12-26)22(2)31/h6-12,19,24H,3-5,13-18,20H2,1-2H3,(H,29,32). The number of aryl methyl sites for hydroxylation is 1. The molecular weight excluding hydrogens is 460 g/mol. The highest BCUT2D eigenvalue weighted by atomic mass is 32.2. The average Bonchev–Trinajstić information content (AvgIpc) is 2.88. The lowest BCUT2D eigenvalue weighted by Crippen LogP contribution is -2.47. The Bertz CT molecular complexity index is 1160. The third kappa shape index (κ3) is 5.67. The third-order valence-corrected chi connectivity index (χ3v) is 9.68. The SMILES string of the molecule is CC(=O)c1ccc(S(=O)(=O)N2CCC(C(=O)NCC3(c4cccc(C)c4)CCCCC3)CC2)cc1. The van der Waals surface area contributed by atoms with Crippen LogP contribution in [0.4, 0.5) is 0 Å². The summed E-state index contributed by atoms with van der Waals surface area (Å²) >= 11 is 0. The van der Waals surface area contributed by atoms with E-state index in [0.717, 1.165) is 12.8 Å². The van der Waals surface area contributed by atoms with E-state index < -0.39 is 10.0 Å². The first-order valence-corrected chi connectivity index (χ1v) is 14.1. The number of piperidine rings is 1. The summed E-state index contributed by atoms with van der Waals surface area (Å²) in [5.74, 6) is -0.247. The number of carbonyl (C=O) groups is 2. The van der Waals surface area contributed by atoms with Crippen molar-refractivity contribution in [3.63, 3.8) is 0 Å². The minimum atomic E-state index is -3.64. The number of amides is 1. The Morgan fingerprint density at radius 1 is 1.00 bits per heavy atom. The van der Waals surface area contributed by atoms with E-state index in [1.54, 1.807) is 12.1 Å². The number of benzene rings is 2. The van der Waals surface area contributed by atoms with Crippen LogP contribution in [0.5, 0.6) is 0 Å². The van der Waals surface area contributed by atoms with Gasteiger partial charge in [-0.15, -0.1) is 0 Å². The quantitative estimate of drug-likeness (QED) is 0.567. The van der Waals surface area contributed by atoms with E-state index in [9.17, 15) is 18.0 Å². The van der Waals surface area contributed by atoms with Crippen molar-refractivity contribution in [1.29, 1.82) is 0 Å². The lowest BCUT2D eigenvalue weighted by molar-refractivity contribution is -0.126. The van der Waals surface area contributed by atoms with Crippen LogP contribution in [-0.2, 0) is 20.2 Å². The third-order valence-electron chi connectivity index (χ3n) is 7.77. The number of rotatable bonds is 7. The molecule has 35 heavy (non-hydrogen) atoms. The van der Waals surface area contributed by atoms with Crippen LogP contribution in [0.25, 0.3) is 0 Å². The number of hydrogen-bond acceptors (Lipinski definition) is 4. The lowest BCUT2D eigenvalue weighted by Gasteiger charge is -2.39. The van der Waals surface area contributed by atoms with Gasteiger partial charge in [-0.3, -0.25) is 9.59 Å². The first kappa shape index (κ1) is 25.6. The smallest absolute Gasteiger partial charge is 0.243 e. The summed E-state index contributed by atoms with van der Waals surface area (Å²) in [5.41, 5.74) is 3.02. The molecule has 1 aliphatic carbocycles. The van der Waals surface area contributed by atoms with Crippen molar-refractivity contribution in [3.05, 3.63) is 65.2 Å². The van der Waals surface area contributed by atoms with E-state index in [4.69, 9.17) is 0 Å². The Morgan fingerprint density at radius 3 is 2.26 bits per heavy atom. The van der Waals surface area contributed by atoms with Gasteiger partial charge < -0.3 is 5.32 Å². The van der Waals surface area contributed by atoms with Gasteiger partial charge in [0.05, 0.1) is 4.90 Å². The van der Waals surface area contributed by atoms with Crippen LogP contribution in [-0.4, -0.2) is 44.0 Å². The van der Waals surface area contributed by atoms with Crippen LogP contribution in [0.3, 0.4) is 0 Å². The molecular formula is C28H36N2O4S. The molecule has 0 unspecified atom stereocenters. The predicted molar refractivity (Wildman–Crippen MR) is 137 cm³/mol. The molecule has 2 fully saturated rings. The van der Waals surface area contributed by atoms with E-state index in [1.807, 2.05) is 0 Å². The van der Waals surface area contributed by atoms with Crippen molar-refractivity contribution in [1.82, 2.24) is 9.62 Å². The fourth-order valence-electron chi connectivity index (χ4n) is 5.54. The Balaban J connectivity index is 1.36. The van der Waals surface area contributed by atoms with Crippen LogP contribution < -0.4 is 5.32 Å². The second-order valence-corrected chi connectivity index (χ2v) is 12.1. The number of carbonyl (C=O) groups excluding carboxylic acids is 2. The van der Waals surface area contributed by atoms with Crippen molar-refractivity contribution in [2.45, 2.75) is 69.1 Å². The number of ketones is 1. The van der Waals surface area contributed by atoms with Crippen LogP contribution >= 0.6 is 0 Å². The predicted octanol–water partition coefficient (Wildman–Crippen LogP) is 4.62. The van der Waals surface area contributed by atoms with Crippen molar-refractivity contribution in [3.8, 4) is 0 Å². The molecule has 188 valence electrons. The number of nitrogens with one attached hydrogen (secondary N) is 1. The number of nitrogens with zero attached hydrogens (tertiary/aromatic N) is 1. The van der Waals surface area contributed by atoms with Crippen LogP contribution in [0.1, 0.15) is 73.4 Å². The molecule has 2 aliphatic rings. The van der Waals surface area contributed by atoms with Gasteiger partial charge in [-0.2, -0.15) is 4.31 Å². The monoisotopic (exact) mass is 496 g/mol. The summed E-state index contributed by atoms with van der Waals surface area (Å²) in [5, 5.41) is 3.24. The zero-order chi connectivity index (χ0) is 25.1. The number of Topliss-reactive ketones (excluding diaryl/α,β-unsaturated/α-hetero) is 1. The van der Waals surface area contributed by atoms with Gasteiger partial charge in [0.1, 0.15) is 0 Å². The minimum Gasteiger partial charge on any atom is -0.355 e. The number of hydrogen-bond donors (Lipinski definition) is 1. The Hall–Kier alpha value is -2.51. The van der Waals surface area contributed by atoms with Crippen LogP contribution in [0, 0.1) is 12.8 Å². The second kappa shape index (κ2) is 10.6. The van der Waals surface area contributed by atoms with E-state index in [1.165, 1.54) is 53.8 Å². The summed E-state index contributed by atoms with van der Waals surface area (Å²) < 4.78 is 27.5. The molecule has 6 nitrogen and oxygen atoms in total. The van der Waals surface area contributed by atoms with E-state index in [2.05, 4.69) is 36.5 Å². The van der Waals surface area contributed by atoms with E-state index in [0.29, 0.717) is 38.0 Å². The van der Waals surface area contributed by atoms with Gasteiger partial charge in [-0.1, -0.05) is 61.2 Å². The summed E-state index contributed by atoms with van der Waals surface area (Å²) in [6.45, 7) is 4.83. The van der Waals surface area contributed by atoms with Crippen molar-refractivity contribution in [2.75, 3.05) is 19.6 Å². The van der Waals surface area contributed by atoms with Crippen molar-refractivity contribution < 1.29 is 18.0 Å². The molecule has 4 rings (SSSR count). The summed E-state index contributed by atoms with van der Waals surface area (Å²) in [6, 6.07) is 14.7. The van der Waals surface area contributed by atoms with Crippen molar-refractivity contribution in [2.24, 2.45) is 5.92 Å². The first-order chi connectivity index (χ1) is 16.7. The van der Waals surface area contributed by atoms with Crippen LogP contribution in [0.15, 0.2) is 53.4 Å². The maximum Gasteiger partial charge on any atom is 0.243 e. The number of sulfonamides is 1. The Labute approximate surface area is 209 Å². The maximum atomic E-state index is 13.1. The molecule has 1 amide bonds. The second-order valence-electron chi connectivity index (χ2n) is 10.2.